The number of hydrogen-bond acceptors (Lipinski definition) is 5. The van der Waals surface area contributed by atoms with Gasteiger partial charge in [-0.05, 0) is 25.0 Å². The third kappa shape index (κ3) is 5.01. The van der Waals surface area contributed by atoms with Gasteiger partial charge < -0.3 is 5.73 Å². The molecule has 0 unspecified atom stereocenters. The molecule has 0 bridgehead atoms. The molecule has 0 spiro atoms. The smallest absolute Gasteiger partial charge is 0.330 e. The number of H-pyrrole nitrogens is 1. The number of anilines is 2. The minimum atomic E-state index is -0.655. The summed E-state index contributed by atoms with van der Waals surface area (Å²) in [6, 6.07) is 3.26. The van der Waals surface area contributed by atoms with Gasteiger partial charge in [-0.25, -0.2) is 4.79 Å². The van der Waals surface area contributed by atoms with Gasteiger partial charge in [0, 0.05) is 13.1 Å². The predicted molar refractivity (Wildman–Crippen MR) is 111 cm³/mol. The van der Waals surface area contributed by atoms with Crippen LogP contribution in [0.2, 0.25) is 4.34 Å². The van der Waals surface area contributed by atoms with Gasteiger partial charge in [-0.15, -0.1) is 11.3 Å². The lowest BCUT2D eigenvalue weighted by molar-refractivity contribution is 0.0990. The minimum Gasteiger partial charge on any atom is -0.383 e. The molecule has 7 nitrogen and oxygen atoms in total. The van der Waals surface area contributed by atoms with Crippen molar-refractivity contribution in [1.82, 2.24) is 9.55 Å². The number of rotatable bonds is 9. The molecule has 0 aromatic carbocycles. The maximum Gasteiger partial charge on any atom is 0.330 e. The SMILES string of the molecule is CCCCCN(C(=O)c1ccc(Cl)s1)c1c(N)n(CCCC)c(=O)[nH]c1=O. The first-order valence-corrected chi connectivity index (χ1v) is 10.3. The summed E-state index contributed by atoms with van der Waals surface area (Å²) in [6.45, 7) is 4.76. The molecule has 1 amide bonds. The van der Waals surface area contributed by atoms with Crippen molar-refractivity contribution >= 4 is 40.4 Å². The number of hydrogen-bond donors (Lipinski definition) is 2. The van der Waals surface area contributed by atoms with E-state index in [9.17, 15) is 14.4 Å². The van der Waals surface area contributed by atoms with Gasteiger partial charge in [0.2, 0.25) is 0 Å². The monoisotopic (exact) mass is 412 g/mol. The predicted octanol–water partition coefficient (Wildman–Crippen LogP) is 3.47. The first-order chi connectivity index (χ1) is 12.9. The highest BCUT2D eigenvalue weighted by Gasteiger charge is 2.25. The molecule has 0 aliphatic heterocycles. The molecular weight excluding hydrogens is 388 g/mol. The number of nitrogen functional groups attached to an aromatic ring is 1. The van der Waals surface area contributed by atoms with E-state index in [2.05, 4.69) is 11.9 Å². The number of thiophene rings is 1. The van der Waals surface area contributed by atoms with Crippen molar-refractivity contribution in [3.05, 3.63) is 42.2 Å². The lowest BCUT2D eigenvalue weighted by Crippen LogP contribution is -2.41. The van der Waals surface area contributed by atoms with Crippen molar-refractivity contribution in [2.75, 3.05) is 17.2 Å². The van der Waals surface area contributed by atoms with Crippen LogP contribution in [0.15, 0.2) is 21.7 Å². The first-order valence-electron chi connectivity index (χ1n) is 9.10. The van der Waals surface area contributed by atoms with Crippen LogP contribution >= 0.6 is 22.9 Å². The number of halogens is 1. The van der Waals surface area contributed by atoms with E-state index < -0.39 is 11.2 Å². The highest BCUT2D eigenvalue weighted by Crippen LogP contribution is 2.26. The fraction of sp³-hybridized carbons (Fsp3) is 0.500. The standard InChI is InChI=1S/C18H25ClN4O3S/c1-3-5-7-11-22(17(25)12-8-9-13(19)27-12)14-15(20)23(10-6-4-2)18(26)21-16(14)24/h8-9H,3-7,10-11,20H2,1-2H3,(H,21,24,26). The summed E-state index contributed by atoms with van der Waals surface area (Å²) in [5.74, 6) is -0.328. The fourth-order valence-corrected chi connectivity index (χ4v) is 3.77. The van der Waals surface area contributed by atoms with E-state index in [0.717, 1.165) is 37.0 Å². The van der Waals surface area contributed by atoms with E-state index in [4.69, 9.17) is 17.3 Å². The van der Waals surface area contributed by atoms with Crippen LogP contribution in [-0.4, -0.2) is 22.0 Å². The number of nitrogens with one attached hydrogen (secondary N) is 1. The van der Waals surface area contributed by atoms with Crippen LogP contribution in [-0.2, 0) is 6.54 Å². The number of amides is 1. The van der Waals surface area contributed by atoms with Gasteiger partial charge in [-0.3, -0.25) is 24.0 Å². The second-order valence-corrected chi connectivity index (χ2v) is 7.98. The zero-order valence-electron chi connectivity index (χ0n) is 15.6. The second-order valence-electron chi connectivity index (χ2n) is 6.27. The Morgan fingerprint density at radius 1 is 1.22 bits per heavy atom. The number of carbonyl (C=O) groups is 1. The summed E-state index contributed by atoms with van der Waals surface area (Å²) in [7, 11) is 0. The van der Waals surface area contributed by atoms with Crippen molar-refractivity contribution in [2.24, 2.45) is 0 Å². The minimum absolute atomic E-state index is 0.0182. The van der Waals surface area contributed by atoms with Gasteiger partial charge in [0.05, 0.1) is 9.21 Å². The Morgan fingerprint density at radius 2 is 1.93 bits per heavy atom. The molecule has 0 saturated heterocycles. The van der Waals surface area contributed by atoms with E-state index in [1.165, 1.54) is 9.47 Å². The number of unbranched alkanes of at least 4 members (excludes halogenated alkanes) is 3. The summed E-state index contributed by atoms with van der Waals surface area (Å²) in [5.41, 5.74) is 4.99. The van der Waals surface area contributed by atoms with Crippen LogP contribution in [0.4, 0.5) is 11.5 Å². The molecule has 9 heteroatoms. The maximum atomic E-state index is 13.0. The van der Waals surface area contributed by atoms with Crippen LogP contribution < -0.4 is 21.9 Å². The van der Waals surface area contributed by atoms with E-state index in [1.54, 1.807) is 12.1 Å². The topological polar surface area (TPSA) is 101 Å². The Labute approximate surface area is 166 Å². The van der Waals surface area contributed by atoms with Crippen LogP contribution in [0.25, 0.3) is 0 Å². The van der Waals surface area contributed by atoms with E-state index in [-0.39, 0.29) is 17.4 Å². The van der Waals surface area contributed by atoms with Crippen molar-refractivity contribution < 1.29 is 4.79 Å². The van der Waals surface area contributed by atoms with Gasteiger partial charge in [0.1, 0.15) is 5.82 Å². The van der Waals surface area contributed by atoms with Gasteiger partial charge in [0.25, 0.3) is 11.5 Å². The third-order valence-electron chi connectivity index (χ3n) is 4.23. The largest absolute Gasteiger partial charge is 0.383 e. The number of aromatic nitrogens is 2. The Bertz CT molecular complexity index is 903. The van der Waals surface area contributed by atoms with Crippen molar-refractivity contribution in [3.8, 4) is 0 Å². The maximum absolute atomic E-state index is 13.0. The Balaban J connectivity index is 2.52. The Hall–Kier alpha value is -2.06. The summed E-state index contributed by atoms with van der Waals surface area (Å²) in [6.07, 6.45) is 4.19. The molecule has 2 rings (SSSR count). The molecule has 2 aromatic heterocycles. The van der Waals surface area contributed by atoms with Gasteiger partial charge in [-0.2, -0.15) is 0 Å². The molecule has 0 aliphatic rings. The zero-order chi connectivity index (χ0) is 20.0. The quantitative estimate of drug-likeness (QED) is 0.615. The van der Waals surface area contributed by atoms with Gasteiger partial charge in [-0.1, -0.05) is 44.7 Å². The molecule has 0 saturated carbocycles. The Morgan fingerprint density at radius 3 is 2.52 bits per heavy atom. The fourth-order valence-electron chi connectivity index (χ4n) is 2.77. The third-order valence-corrected chi connectivity index (χ3v) is 5.45. The molecule has 0 radical (unpaired) electrons. The summed E-state index contributed by atoms with van der Waals surface area (Å²) >= 11 is 7.10. The average Bonchev–Trinajstić information content (AvgIpc) is 3.06. The average molecular weight is 413 g/mol. The molecule has 0 aliphatic carbocycles. The lowest BCUT2D eigenvalue weighted by atomic mass is 10.2. The number of aromatic amines is 1. The van der Waals surface area contributed by atoms with Crippen molar-refractivity contribution in [1.29, 1.82) is 0 Å². The lowest BCUT2D eigenvalue weighted by Gasteiger charge is -2.24. The first kappa shape index (κ1) is 21.2. The van der Waals surface area contributed by atoms with Crippen molar-refractivity contribution in [3.63, 3.8) is 0 Å². The molecule has 2 heterocycles. The molecule has 3 N–H and O–H groups in total. The number of carbonyl (C=O) groups excluding carboxylic acids is 1. The molecule has 27 heavy (non-hydrogen) atoms. The van der Waals surface area contributed by atoms with Gasteiger partial charge >= 0.3 is 5.69 Å². The van der Waals surface area contributed by atoms with E-state index in [1.807, 2.05) is 6.92 Å². The highest BCUT2D eigenvalue weighted by atomic mass is 35.5. The molecular formula is C18H25ClN4O3S. The van der Waals surface area contributed by atoms with Gasteiger partial charge in [0.15, 0.2) is 5.69 Å². The Kier molecular flexibility index (Phi) is 7.67. The van der Waals surface area contributed by atoms with Crippen LogP contribution in [0, 0.1) is 0 Å². The summed E-state index contributed by atoms with van der Waals surface area (Å²) in [4.78, 5) is 41.8. The zero-order valence-corrected chi connectivity index (χ0v) is 17.2. The second kappa shape index (κ2) is 9.75. The van der Waals surface area contributed by atoms with Crippen LogP contribution in [0.3, 0.4) is 0 Å². The van der Waals surface area contributed by atoms with Crippen molar-refractivity contribution in [2.45, 2.75) is 52.5 Å². The molecule has 0 atom stereocenters. The van der Waals surface area contributed by atoms with E-state index in [0.29, 0.717) is 28.7 Å². The normalized spacial score (nSPS) is 10.9. The molecule has 2 aromatic rings. The molecule has 0 fully saturated rings. The number of nitrogens with two attached hydrogens (primary N) is 1. The van der Waals surface area contributed by atoms with Crippen LogP contribution in [0.5, 0.6) is 0 Å². The highest BCUT2D eigenvalue weighted by molar-refractivity contribution is 7.18. The summed E-state index contributed by atoms with van der Waals surface area (Å²) in [5, 5.41) is 0. The van der Waals surface area contributed by atoms with E-state index >= 15 is 0 Å². The number of nitrogens with zero attached hydrogens (tertiary/aromatic N) is 2. The summed E-state index contributed by atoms with van der Waals surface area (Å²) < 4.78 is 1.81. The molecule has 148 valence electrons. The van der Waals surface area contributed by atoms with Crippen LogP contribution in [0.1, 0.15) is 55.6 Å².